The molecule has 0 radical (unpaired) electrons. The molecule has 0 heterocycles. The third-order valence-corrected chi connectivity index (χ3v) is 4.79. The SMILES string of the molecule is C[C@H](OCc1ccccc1)C(=O)OC(COCc1ccccc1)COCc1ccccc1. The van der Waals surface area contributed by atoms with E-state index in [4.69, 9.17) is 18.9 Å². The molecule has 0 bridgehead atoms. The zero-order valence-electron chi connectivity index (χ0n) is 18.4. The van der Waals surface area contributed by atoms with E-state index in [0.717, 1.165) is 16.7 Å². The molecule has 0 saturated heterocycles. The zero-order valence-corrected chi connectivity index (χ0v) is 18.4. The van der Waals surface area contributed by atoms with Crippen LogP contribution in [0.4, 0.5) is 0 Å². The lowest BCUT2D eigenvalue weighted by Crippen LogP contribution is -2.33. The lowest BCUT2D eigenvalue weighted by molar-refractivity contribution is -0.169. The van der Waals surface area contributed by atoms with Gasteiger partial charge in [-0.25, -0.2) is 4.79 Å². The van der Waals surface area contributed by atoms with Gasteiger partial charge in [0.15, 0.2) is 6.10 Å². The third kappa shape index (κ3) is 8.63. The molecule has 5 heteroatoms. The van der Waals surface area contributed by atoms with Gasteiger partial charge in [0, 0.05) is 0 Å². The predicted molar refractivity (Wildman–Crippen MR) is 123 cm³/mol. The lowest BCUT2D eigenvalue weighted by Gasteiger charge is -2.21. The largest absolute Gasteiger partial charge is 0.456 e. The number of carbonyl (C=O) groups excluding carboxylic acids is 1. The third-order valence-electron chi connectivity index (χ3n) is 4.79. The van der Waals surface area contributed by atoms with Crippen molar-refractivity contribution in [2.24, 2.45) is 0 Å². The quantitative estimate of drug-likeness (QED) is 0.357. The summed E-state index contributed by atoms with van der Waals surface area (Å²) in [5.41, 5.74) is 3.12. The Morgan fingerprint density at radius 1 is 0.656 bits per heavy atom. The van der Waals surface area contributed by atoms with Gasteiger partial charge >= 0.3 is 5.97 Å². The van der Waals surface area contributed by atoms with Crippen molar-refractivity contribution in [3.05, 3.63) is 108 Å². The number of hydrogen-bond donors (Lipinski definition) is 0. The fraction of sp³-hybridized carbons (Fsp3) is 0.296. The molecule has 5 nitrogen and oxygen atoms in total. The van der Waals surface area contributed by atoms with Crippen LogP contribution in [0.5, 0.6) is 0 Å². The van der Waals surface area contributed by atoms with Crippen molar-refractivity contribution in [3.63, 3.8) is 0 Å². The predicted octanol–water partition coefficient (Wildman–Crippen LogP) is 4.94. The molecule has 0 saturated carbocycles. The van der Waals surface area contributed by atoms with Crippen LogP contribution in [-0.2, 0) is 43.6 Å². The van der Waals surface area contributed by atoms with E-state index in [9.17, 15) is 4.79 Å². The Labute approximate surface area is 189 Å². The molecule has 3 aromatic carbocycles. The van der Waals surface area contributed by atoms with Crippen molar-refractivity contribution in [2.75, 3.05) is 13.2 Å². The highest BCUT2D eigenvalue weighted by Crippen LogP contribution is 2.09. The first-order valence-corrected chi connectivity index (χ1v) is 10.8. The molecular weight excluding hydrogens is 404 g/mol. The Bertz CT molecular complexity index is 854. The Morgan fingerprint density at radius 3 is 1.50 bits per heavy atom. The van der Waals surface area contributed by atoms with Gasteiger partial charge in [-0.15, -0.1) is 0 Å². The summed E-state index contributed by atoms with van der Waals surface area (Å²) in [6.07, 6.45) is -1.22. The van der Waals surface area contributed by atoms with Crippen LogP contribution in [0.1, 0.15) is 23.6 Å². The van der Waals surface area contributed by atoms with E-state index >= 15 is 0 Å². The summed E-state index contributed by atoms with van der Waals surface area (Å²) >= 11 is 0. The summed E-state index contributed by atoms with van der Waals surface area (Å²) in [7, 11) is 0. The molecule has 32 heavy (non-hydrogen) atoms. The van der Waals surface area contributed by atoms with Crippen molar-refractivity contribution in [2.45, 2.75) is 39.0 Å². The molecule has 0 spiro atoms. The highest BCUT2D eigenvalue weighted by atomic mass is 16.6. The van der Waals surface area contributed by atoms with Crippen molar-refractivity contribution in [1.29, 1.82) is 0 Å². The normalized spacial score (nSPS) is 11.9. The molecule has 0 unspecified atom stereocenters. The molecule has 0 aromatic heterocycles. The second-order valence-electron chi connectivity index (χ2n) is 7.50. The Hall–Kier alpha value is -2.99. The molecule has 0 fully saturated rings. The minimum absolute atomic E-state index is 0.237. The molecular formula is C27H30O5. The van der Waals surface area contributed by atoms with Crippen LogP contribution in [0.25, 0.3) is 0 Å². The molecule has 0 aliphatic rings. The highest BCUT2D eigenvalue weighted by Gasteiger charge is 2.21. The summed E-state index contributed by atoms with van der Waals surface area (Å²) in [6.45, 7) is 3.39. The molecule has 1 atom stereocenters. The molecule has 0 aliphatic carbocycles. The Kier molecular flexibility index (Phi) is 9.93. The summed E-state index contributed by atoms with van der Waals surface area (Å²) in [5, 5.41) is 0. The Morgan fingerprint density at radius 2 is 1.06 bits per heavy atom. The molecule has 0 amide bonds. The van der Waals surface area contributed by atoms with Crippen LogP contribution < -0.4 is 0 Å². The minimum atomic E-state index is -0.694. The molecule has 3 rings (SSSR count). The highest BCUT2D eigenvalue weighted by molar-refractivity contribution is 5.74. The van der Waals surface area contributed by atoms with Gasteiger partial charge in [-0.05, 0) is 23.6 Å². The first kappa shape index (κ1) is 23.7. The van der Waals surface area contributed by atoms with Crippen molar-refractivity contribution in [3.8, 4) is 0 Å². The maximum Gasteiger partial charge on any atom is 0.335 e. The first-order valence-electron chi connectivity index (χ1n) is 10.8. The van der Waals surface area contributed by atoms with E-state index in [-0.39, 0.29) is 13.2 Å². The zero-order chi connectivity index (χ0) is 22.4. The average molecular weight is 435 g/mol. The number of carbonyl (C=O) groups is 1. The second-order valence-corrected chi connectivity index (χ2v) is 7.50. The maximum atomic E-state index is 12.6. The van der Waals surface area contributed by atoms with Gasteiger partial charge in [0.2, 0.25) is 0 Å². The van der Waals surface area contributed by atoms with Crippen LogP contribution in [0, 0.1) is 0 Å². The molecule has 3 aromatic rings. The number of ether oxygens (including phenoxy) is 4. The first-order chi connectivity index (χ1) is 15.7. The Balaban J connectivity index is 1.49. The van der Waals surface area contributed by atoms with Crippen LogP contribution in [-0.4, -0.2) is 31.4 Å². The number of hydrogen-bond acceptors (Lipinski definition) is 5. The molecule has 0 aliphatic heterocycles. The van der Waals surface area contributed by atoms with E-state index in [2.05, 4.69) is 0 Å². The van der Waals surface area contributed by atoms with Crippen molar-refractivity contribution < 1.29 is 23.7 Å². The maximum absolute atomic E-state index is 12.6. The monoisotopic (exact) mass is 434 g/mol. The second kappa shape index (κ2) is 13.4. The van der Waals surface area contributed by atoms with Gasteiger partial charge in [0.1, 0.15) is 6.10 Å². The minimum Gasteiger partial charge on any atom is -0.456 e. The van der Waals surface area contributed by atoms with Crippen molar-refractivity contribution >= 4 is 5.97 Å². The molecule has 168 valence electrons. The van der Waals surface area contributed by atoms with E-state index in [1.165, 1.54) is 0 Å². The van der Waals surface area contributed by atoms with E-state index in [1.54, 1.807) is 6.92 Å². The standard InChI is InChI=1S/C27H30O5/c1-22(31-19-25-15-9-4-10-16-25)27(28)32-26(20-29-17-23-11-5-2-6-12-23)21-30-18-24-13-7-3-8-14-24/h2-16,22,26H,17-21H2,1H3/t22-/m0/s1. The topological polar surface area (TPSA) is 54.0 Å². The van der Waals surface area contributed by atoms with Crippen LogP contribution >= 0.6 is 0 Å². The number of esters is 1. The van der Waals surface area contributed by atoms with Gasteiger partial charge in [-0.3, -0.25) is 0 Å². The van der Waals surface area contributed by atoms with Gasteiger partial charge in [-0.1, -0.05) is 91.0 Å². The van der Waals surface area contributed by atoms with Crippen molar-refractivity contribution in [1.82, 2.24) is 0 Å². The van der Waals surface area contributed by atoms with E-state index in [1.807, 2.05) is 91.0 Å². The van der Waals surface area contributed by atoms with Crippen LogP contribution in [0.3, 0.4) is 0 Å². The van der Waals surface area contributed by atoms with Gasteiger partial charge in [-0.2, -0.15) is 0 Å². The van der Waals surface area contributed by atoms with E-state index < -0.39 is 18.2 Å². The summed E-state index contributed by atoms with van der Waals surface area (Å²) < 4.78 is 22.9. The molecule has 0 N–H and O–H groups in total. The smallest absolute Gasteiger partial charge is 0.335 e. The van der Waals surface area contributed by atoms with Gasteiger partial charge < -0.3 is 18.9 Å². The van der Waals surface area contributed by atoms with Crippen LogP contribution in [0.15, 0.2) is 91.0 Å². The van der Waals surface area contributed by atoms with Gasteiger partial charge in [0.05, 0.1) is 33.0 Å². The average Bonchev–Trinajstić information content (AvgIpc) is 2.84. The van der Waals surface area contributed by atoms with Gasteiger partial charge in [0.25, 0.3) is 0 Å². The van der Waals surface area contributed by atoms with Crippen LogP contribution in [0.2, 0.25) is 0 Å². The fourth-order valence-electron chi connectivity index (χ4n) is 3.00. The summed E-state index contributed by atoms with van der Waals surface area (Å²) in [5.74, 6) is -0.433. The number of rotatable bonds is 13. The van der Waals surface area contributed by atoms with E-state index in [0.29, 0.717) is 19.8 Å². The summed E-state index contributed by atoms with van der Waals surface area (Å²) in [4.78, 5) is 12.6. The summed E-state index contributed by atoms with van der Waals surface area (Å²) in [6, 6.07) is 29.5. The lowest BCUT2D eigenvalue weighted by atomic mass is 10.2. The fourth-order valence-corrected chi connectivity index (χ4v) is 3.00. The number of benzene rings is 3.